The van der Waals surface area contributed by atoms with Gasteiger partial charge in [-0.1, -0.05) is 30.3 Å². The van der Waals surface area contributed by atoms with Gasteiger partial charge in [-0.3, -0.25) is 72.1 Å². The molecule has 0 unspecified atom stereocenters. The molecule has 0 aliphatic carbocycles. The van der Waals surface area contributed by atoms with E-state index in [-0.39, 0.29) is 51.5 Å². The Morgan fingerprint density at radius 2 is 0.628 bits per heavy atom. The third-order valence-corrected chi connectivity index (χ3v) is 19.3. The van der Waals surface area contributed by atoms with Gasteiger partial charge in [0, 0.05) is 181 Å². The largest absolute Gasteiger partial charge is 0.368 e. The number of nitrogens with two attached hydrogens (primary N) is 1. The van der Waals surface area contributed by atoms with Crippen molar-refractivity contribution in [2.45, 2.75) is 6.92 Å². The van der Waals surface area contributed by atoms with Gasteiger partial charge >= 0.3 is 0 Å². The molecule has 24 heteroatoms. The van der Waals surface area contributed by atoms with E-state index in [0.29, 0.717) is 28.3 Å². The van der Waals surface area contributed by atoms with Crippen molar-refractivity contribution in [3.8, 4) is 67.3 Å². The SMILES string of the molecule is Cc1ccc(-c2ccc3ncc4ccc(=O)n(-c5ccc(F)cc5)c4c3c2)cn1.Cn1cc(-c2ccc3ncc4ccc(=O)n(-c5ccc(F)cc5)c4c3c2)cn1.Nc1ncc(-c2ccc3ncc4ccc(=O)n(-c5ccc(F)cc5)c4c3c2)cn1.O=c1ccc2cnc3ccc(-c4cn[nH]c4)cc3c2n1-c1ccc(F)cc1. The number of benzene rings is 8. The number of hydrogen-bond donors (Lipinski definition) is 2. The van der Waals surface area contributed by atoms with E-state index in [2.05, 4.69) is 50.2 Å². The average Bonchev–Trinajstić information content (AvgIpc) is 0.951. The van der Waals surface area contributed by atoms with Crippen molar-refractivity contribution in [1.29, 1.82) is 0 Å². The Morgan fingerprint density at radius 3 is 0.938 bits per heavy atom. The molecular formula is C89H58F4N16O4. The van der Waals surface area contributed by atoms with E-state index in [1.807, 2.05) is 117 Å². The molecule has 113 heavy (non-hydrogen) atoms. The molecule has 0 aliphatic heterocycles. The number of pyridine rings is 9. The molecule has 0 radical (unpaired) electrons. The van der Waals surface area contributed by atoms with E-state index < -0.39 is 0 Å². The molecular weight excluding hydrogens is 1430 g/mol. The highest BCUT2D eigenvalue weighted by atomic mass is 19.1. The van der Waals surface area contributed by atoms with Crippen LogP contribution >= 0.6 is 0 Å². The lowest BCUT2D eigenvalue weighted by molar-refractivity contribution is 0.627. The summed E-state index contributed by atoms with van der Waals surface area (Å²) in [7, 11) is 1.87. The van der Waals surface area contributed by atoms with E-state index in [9.17, 15) is 36.7 Å². The highest BCUT2D eigenvalue weighted by Gasteiger charge is 2.18. The fraction of sp³-hybridized carbons (Fsp3) is 0.0225. The first-order chi connectivity index (χ1) is 55.0. The van der Waals surface area contributed by atoms with Crippen molar-refractivity contribution >= 4 is 93.2 Å². The maximum Gasteiger partial charge on any atom is 0.255 e. The van der Waals surface area contributed by atoms with Gasteiger partial charge in [0.05, 0.1) is 56.5 Å². The molecule has 0 saturated carbocycles. The van der Waals surface area contributed by atoms with Crippen LogP contribution in [0.25, 0.3) is 154 Å². The Balaban J connectivity index is 0.000000109. The van der Waals surface area contributed by atoms with Crippen molar-refractivity contribution in [3.63, 3.8) is 0 Å². The van der Waals surface area contributed by atoms with Gasteiger partial charge in [-0.05, 0) is 205 Å². The van der Waals surface area contributed by atoms with Gasteiger partial charge in [-0.2, -0.15) is 10.2 Å². The minimum atomic E-state index is -0.362. The molecule has 0 spiro atoms. The predicted octanol–water partition coefficient (Wildman–Crippen LogP) is 16.9. The topological polar surface area (TPSA) is 251 Å². The summed E-state index contributed by atoms with van der Waals surface area (Å²) in [5.74, 6) is -1.20. The molecule has 20 nitrogen and oxygen atoms in total. The van der Waals surface area contributed by atoms with Gasteiger partial charge in [0.15, 0.2) is 0 Å². The number of halogens is 4. The Bertz CT molecular complexity index is 7120. The van der Waals surface area contributed by atoms with Crippen LogP contribution in [-0.4, -0.2) is 73.1 Å². The Kier molecular flexibility index (Phi) is 18.4. The molecule has 8 aromatic carbocycles. The molecule has 0 bridgehead atoms. The number of fused-ring (bicyclic) bond motifs is 12. The van der Waals surface area contributed by atoms with Crippen LogP contribution in [0.4, 0.5) is 23.5 Å². The van der Waals surface area contributed by atoms with E-state index >= 15 is 0 Å². The van der Waals surface area contributed by atoms with Crippen LogP contribution in [0.1, 0.15) is 5.69 Å². The van der Waals surface area contributed by atoms with Crippen LogP contribution in [-0.2, 0) is 7.05 Å². The van der Waals surface area contributed by atoms with E-state index in [0.717, 1.165) is 132 Å². The Hall–Kier alpha value is -15.6. The van der Waals surface area contributed by atoms with Crippen LogP contribution < -0.4 is 28.0 Å². The summed E-state index contributed by atoms with van der Waals surface area (Å²) >= 11 is 0. The molecule has 0 aliphatic rings. The number of nitrogens with zero attached hydrogens (tertiary/aromatic N) is 14. The molecule has 20 aromatic rings. The molecule has 546 valence electrons. The number of rotatable bonds is 8. The number of nitrogen functional groups attached to an aromatic ring is 1. The molecule has 0 saturated heterocycles. The van der Waals surface area contributed by atoms with E-state index in [4.69, 9.17) is 5.73 Å². The second-order valence-electron chi connectivity index (χ2n) is 26.5. The molecule has 0 fully saturated rings. The first-order valence-corrected chi connectivity index (χ1v) is 35.3. The highest BCUT2D eigenvalue weighted by Crippen LogP contribution is 2.35. The Labute approximate surface area is 636 Å². The maximum atomic E-state index is 13.4. The third kappa shape index (κ3) is 13.9. The summed E-state index contributed by atoms with van der Waals surface area (Å²) in [4.78, 5) is 81.6. The minimum absolute atomic E-state index is 0.181. The van der Waals surface area contributed by atoms with E-state index in [1.165, 1.54) is 72.8 Å². The second-order valence-corrected chi connectivity index (χ2v) is 26.5. The van der Waals surface area contributed by atoms with Crippen molar-refractivity contribution in [3.05, 3.63) is 369 Å². The molecule has 20 rings (SSSR count). The van der Waals surface area contributed by atoms with Crippen LogP contribution in [0.5, 0.6) is 0 Å². The Morgan fingerprint density at radius 1 is 0.310 bits per heavy atom. The second kappa shape index (κ2) is 29.5. The zero-order valence-electron chi connectivity index (χ0n) is 59.8. The van der Waals surface area contributed by atoms with Gasteiger partial charge in [0.1, 0.15) is 23.3 Å². The quantitative estimate of drug-likeness (QED) is 0.106. The van der Waals surface area contributed by atoms with E-state index in [1.54, 1.807) is 145 Å². The fourth-order valence-corrected chi connectivity index (χ4v) is 13.9. The lowest BCUT2D eigenvalue weighted by Crippen LogP contribution is -2.17. The van der Waals surface area contributed by atoms with Gasteiger partial charge in [0.25, 0.3) is 22.2 Å². The summed E-state index contributed by atoms with van der Waals surface area (Å²) in [6.45, 7) is 1.95. The van der Waals surface area contributed by atoms with Crippen LogP contribution in [0, 0.1) is 30.2 Å². The number of aromatic nitrogens is 15. The van der Waals surface area contributed by atoms with Crippen LogP contribution in [0.3, 0.4) is 0 Å². The maximum absolute atomic E-state index is 13.4. The molecule has 0 atom stereocenters. The summed E-state index contributed by atoms with van der Waals surface area (Å²) in [6, 6.07) is 64.1. The predicted molar refractivity (Wildman–Crippen MR) is 432 cm³/mol. The first-order valence-electron chi connectivity index (χ1n) is 35.3. The van der Waals surface area contributed by atoms with Gasteiger partial charge in [-0.15, -0.1) is 0 Å². The number of hydrogen-bond acceptors (Lipinski definition) is 14. The number of aryl methyl sites for hydroxylation is 2. The van der Waals surface area contributed by atoms with Crippen molar-refractivity contribution in [1.82, 2.24) is 73.1 Å². The van der Waals surface area contributed by atoms with Crippen molar-refractivity contribution in [2.24, 2.45) is 7.05 Å². The van der Waals surface area contributed by atoms with Crippen molar-refractivity contribution < 1.29 is 17.6 Å². The van der Waals surface area contributed by atoms with Gasteiger partial charge in [-0.25, -0.2) is 27.5 Å². The zero-order valence-corrected chi connectivity index (χ0v) is 59.8. The number of aromatic amines is 1. The standard InChI is InChI=1S/C24H16FN3O.C22H14FN5O.C22H15FN4O.C21H13FN4O/c1-15-2-3-17(13-26-15)16-4-10-22-21(12-16)24-18(14-27-22)5-11-23(29)28(24)20-8-6-19(25)7-9-20;23-16-3-5-17(6-4-16)28-20(29)8-2-14-10-25-19-7-1-13(9-18(19)21(14)28)15-11-26-22(24)27-12-15;1-26-13-16(12-25-26)14-2-8-20-19(10-14)22-15(11-24-20)3-9-21(28)27(22)18-6-4-17(23)5-7-18;22-16-3-5-17(6-4-16)26-20(27)8-2-14-10-23-19-7-1-13(9-18(19)21(14)26)15-11-24-25-12-15/h2-14H,1H3;1-12H,(H2,24,26,27);2-13H,1H3;1-12H,(H,24,25). The third-order valence-electron chi connectivity index (χ3n) is 19.3. The molecule has 12 heterocycles. The van der Waals surface area contributed by atoms with Gasteiger partial charge in [0.2, 0.25) is 5.95 Å². The van der Waals surface area contributed by atoms with Gasteiger partial charge < -0.3 is 5.73 Å². The lowest BCUT2D eigenvalue weighted by atomic mass is 10.0. The fourth-order valence-electron chi connectivity index (χ4n) is 13.9. The summed E-state index contributed by atoms with van der Waals surface area (Å²) < 4.78 is 61.8. The monoisotopic (exact) mass is 1490 g/mol. The lowest BCUT2D eigenvalue weighted by Gasteiger charge is -2.13. The summed E-state index contributed by atoms with van der Waals surface area (Å²) in [5.41, 5.74) is 21.7. The minimum Gasteiger partial charge on any atom is -0.368 e. The summed E-state index contributed by atoms with van der Waals surface area (Å²) in [5, 5.41) is 17.7. The van der Waals surface area contributed by atoms with Crippen LogP contribution in [0.15, 0.2) is 318 Å². The highest BCUT2D eigenvalue weighted by molar-refractivity contribution is 6.09. The number of H-pyrrole nitrogens is 1. The summed E-state index contributed by atoms with van der Waals surface area (Å²) in [6.07, 6.45) is 19.4. The molecule has 12 aromatic heterocycles. The van der Waals surface area contributed by atoms with Crippen molar-refractivity contribution in [2.75, 3.05) is 5.73 Å². The zero-order chi connectivity index (χ0) is 77.5. The average molecular weight is 1490 g/mol. The normalized spacial score (nSPS) is 11.3. The smallest absolute Gasteiger partial charge is 0.255 e. The molecule has 0 amide bonds. The first kappa shape index (κ1) is 70.4. The molecule has 3 N–H and O–H groups in total. The van der Waals surface area contributed by atoms with Crippen LogP contribution in [0.2, 0.25) is 0 Å². The number of nitrogens with one attached hydrogen (secondary N) is 1. The number of anilines is 1.